The van der Waals surface area contributed by atoms with Crippen LogP contribution in [0.3, 0.4) is 0 Å². The van der Waals surface area contributed by atoms with E-state index in [2.05, 4.69) is 13.8 Å². The number of methoxy groups -OCH3 is 1. The molecule has 1 rings (SSSR count). The zero-order valence-electron chi connectivity index (χ0n) is 8.99. The molecule has 0 atom stereocenters. The van der Waals surface area contributed by atoms with Gasteiger partial charge in [0.2, 0.25) is 0 Å². The highest BCUT2D eigenvalue weighted by Gasteiger charge is 2.15. The quantitative estimate of drug-likeness (QED) is 0.674. The largest absolute Gasteiger partial charge is 0.379 e. The average molecular weight is 195 g/mol. The predicted molar refractivity (Wildman–Crippen MR) is 55.5 cm³/mol. The lowest BCUT2D eigenvalue weighted by molar-refractivity contribution is 0.0121. The van der Waals surface area contributed by atoms with Crippen molar-refractivity contribution in [2.24, 2.45) is 0 Å². The Hall–Kier alpha value is -1.09. The van der Waals surface area contributed by atoms with Gasteiger partial charge in [-0.1, -0.05) is 0 Å². The molecule has 0 N–H and O–H groups in total. The molecule has 0 bridgehead atoms. The smallest absolute Gasteiger partial charge is 0.151 e. The van der Waals surface area contributed by atoms with Crippen molar-refractivity contribution in [3.8, 4) is 0 Å². The van der Waals surface area contributed by atoms with Crippen LogP contribution in [0.15, 0.2) is 18.5 Å². The average Bonchev–Trinajstić information content (AvgIpc) is 2.63. The van der Waals surface area contributed by atoms with Crippen LogP contribution in [0.5, 0.6) is 0 Å². The Bertz CT molecular complexity index is 302. The second-order valence-corrected chi connectivity index (χ2v) is 4.01. The summed E-state index contributed by atoms with van der Waals surface area (Å²) >= 11 is 0. The van der Waals surface area contributed by atoms with Crippen molar-refractivity contribution < 1.29 is 9.53 Å². The van der Waals surface area contributed by atoms with Gasteiger partial charge in [-0.25, -0.2) is 0 Å². The molecule has 0 saturated heterocycles. The summed E-state index contributed by atoms with van der Waals surface area (Å²) in [6.07, 6.45) is 5.54. The van der Waals surface area contributed by atoms with E-state index in [1.165, 1.54) is 0 Å². The van der Waals surface area contributed by atoms with Crippen molar-refractivity contribution in [3.05, 3.63) is 24.0 Å². The Morgan fingerprint density at radius 1 is 1.57 bits per heavy atom. The summed E-state index contributed by atoms with van der Waals surface area (Å²) in [5.74, 6) is 0. The van der Waals surface area contributed by atoms with Crippen LogP contribution in [0.25, 0.3) is 0 Å². The van der Waals surface area contributed by atoms with Crippen LogP contribution in [0.2, 0.25) is 0 Å². The molecule has 0 aromatic carbocycles. The highest BCUT2D eigenvalue weighted by atomic mass is 16.5. The molecule has 0 aliphatic rings. The molecule has 0 aliphatic heterocycles. The van der Waals surface area contributed by atoms with Crippen LogP contribution in [-0.4, -0.2) is 23.6 Å². The van der Waals surface area contributed by atoms with E-state index in [1.807, 2.05) is 23.0 Å². The second-order valence-electron chi connectivity index (χ2n) is 4.01. The van der Waals surface area contributed by atoms with Crippen molar-refractivity contribution in [1.29, 1.82) is 0 Å². The predicted octanol–water partition coefficient (Wildman–Crippen LogP) is 2.12. The van der Waals surface area contributed by atoms with Gasteiger partial charge < -0.3 is 9.30 Å². The zero-order chi connectivity index (χ0) is 10.6. The molecule has 14 heavy (non-hydrogen) atoms. The highest BCUT2D eigenvalue weighted by molar-refractivity contribution is 5.74. The maximum Gasteiger partial charge on any atom is 0.151 e. The van der Waals surface area contributed by atoms with Crippen molar-refractivity contribution in [2.75, 3.05) is 7.11 Å². The lowest BCUT2D eigenvalue weighted by Gasteiger charge is -2.22. The number of hydrogen-bond donors (Lipinski definition) is 0. The van der Waals surface area contributed by atoms with Crippen LogP contribution in [0.4, 0.5) is 0 Å². The lowest BCUT2D eigenvalue weighted by Crippen LogP contribution is -2.24. The van der Waals surface area contributed by atoms with E-state index < -0.39 is 0 Å². The molecule has 0 radical (unpaired) electrons. The highest BCUT2D eigenvalue weighted by Crippen LogP contribution is 2.14. The maximum atomic E-state index is 10.4. The van der Waals surface area contributed by atoms with Crippen LogP contribution in [-0.2, 0) is 11.3 Å². The molecule has 0 spiro atoms. The van der Waals surface area contributed by atoms with E-state index in [9.17, 15) is 4.79 Å². The van der Waals surface area contributed by atoms with Gasteiger partial charge in [-0.3, -0.25) is 4.79 Å². The summed E-state index contributed by atoms with van der Waals surface area (Å²) in [5, 5.41) is 0. The summed E-state index contributed by atoms with van der Waals surface area (Å²) in [6, 6.07) is 1.81. The van der Waals surface area contributed by atoms with Crippen molar-refractivity contribution >= 4 is 6.29 Å². The van der Waals surface area contributed by atoms with Crippen molar-refractivity contribution in [1.82, 2.24) is 4.57 Å². The number of aldehydes is 1. The van der Waals surface area contributed by atoms with Crippen LogP contribution in [0, 0.1) is 0 Å². The Kier molecular flexibility index (Phi) is 3.47. The molecular weight excluding hydrogens is 178 g/mol. The Morgan fingerprint density at radius 2 is 2.29 bits per heavy atom. The van der Waals surface area contributed by atoms with Gasteiger partial charge in [0.25, 0.3) is 0 Å². The number of nitrogens with zero attached hydrogens (tertiary/aromatic N) is 1. The third kappa shape index (κ3) is 3.00. The van der Waals surface area contributed by atoms with Gasteiger partial charge in [0.05, 0.1) is 5.60 Å². The Morgan fingerprint density at radius 3 is 2.79 bits per heavy atom. The van der Waals surface area contributed by atoms with Crippen LogP contribution in [0.1, 0.15) is 30.6 Å². The van der Waals surface area contributed by atoms with Gasteiger partial charge in [-0.05, 0) is 26.3 Å². The molecule has 0 saturated carbocycles. The minimum atomic E-state index is -0.106. The minimum absolute atomic E-state index is 0.106. The van der Waals surface area contributed by atoms with Gasteiger partial charge in [-0.2, -0.15) is 0 Å². The van der Waals surface area contributed by atoms with Gasteiger partial charge in [0.1, 0.15) is 0 Å². The SMILES string of the molecule is COC(C)(C)CCn1ccc(C=O)c1. The van der Waals surface area contributed by atoms with Gasteiger partial charge in [-0.15, -0.1) is 0 Å². The number of ether oxygens (including phenoxy) is 1. The Labute approximate surface area is 84.7 Å². The molecule has 0 aliphatic carbocycles. The topological polar surface area (TPSA) is 31.2 Å². The van der Waals surface area contributed by atoms with E-state index in [0.29, 0.717) is 0 Å². The maximum absolute atomic E-state index is 10.4. The molecule has 78 valence electrons. The number of aromatic nitrogens is 1. The van der Waals surface area contributed by atoms with E-state index >= 15 is 0 Å². The molecule has 0 unspecified atom stereocenters. The summed E-state index contributed by atoms with van der Waals surface area (Å²) in [6.45, 7) is 4.98. The van der Waals surface area contributed by atoms with Gasteiger partial charge >= 0.3 is 0 Å². The number of carbonyl (C=O) groups excluding carboxylic acids is 1. The normalized spacial score (nSPS) is 11.6. The number of carbonyl (C=O) groups is 1. The number of hydrogen-bond acceptors (Lipinski definition) is 2. The molecule has 3 nitrogen and oxygen atoms in total. The fourth-order valence-electron chi connectivity index (χ4n) is 1.17. The summed E-state index contributed by atoms with van der Waals surface area (Å²) in [7, 11) is 1.71. The fraction of sp³-hybridized carbons (Fsp3) is 0.545. The molecule has 3 heteroatoms. The van der Waals surface area contributed by atoms with Crippen molar-refractivity contribution in [2.45, 2.75) is 32.4 Å². The third-order valence-electron chi connectivity index (χ3n) is 2.43. The molecule has 1 heterocycles. The molecule has 0 fully saturated rings. The summed E-state index contributed by atoms with van der Waals surface area (Å²) in [4.78, 5) is 10.4. The van der Waals surface area contributed by atoms with E-state index in [-0.39, 0.29) is 5.60 Å². The first-order valence-corrected chi connectivity index (χ1v) is 4.73. The van der Waals surface area contributed by atoms with Crippen LogP contribution >= 0.6 is 0 Å². The van der Waals surface area contributed by atoms with Gasteiger partial charge in [0.15, 0.2) is 6.29 Å². The summed E-state index contributed by atoms with van der Waals surface area (Å²) in [5.41, 5.74) is 0.617. The first-order valence-electron chi connectivity index (χ1n) is 4.73. The number of rotatable bonds is 5. The minimum Gasteiger partial charge on any atom is -0.379 e. The lowest BCUT2D eigenvalue weighted by atomic mass is 10.1. The van der Waals surface area contributed by atoms with E-state index in [0.717, 1.165) is 24.8 Å². The monoisotopic (exact) mass is 195 g/mol. The van der Waals surface area contributed by atoms with E-state index in [1.54, 1.807) is 7.11 Å². The molecule has 1 aromatic rings. The molecule has 1 aromatic heterocycles. The van der Waals surface area contributed by atoms with E-state index in [4.69, 9.17) is 4.74 Å². The van der Waals surface area contributed by atoms with Gasteiger partial charge in [0, 0.05) is 31.6 Å². The Balaban J connectivity index is 2.49. The third-order valence-corrected chi connectivity index (χ3v) is 2.43. The fourth-order valence-corrected chi connectivity index (χ4v) is 1.17. The zero-order valence-corrected chi connectivity index (χ0v) is 8.99. The molecule has 0 amide bonds. The standard InChI is InChI=1S/C11H17NO2/c1-11(2,14-3)5-7-12-6-4-10(8-12)9-13/h4,6,8-9H,5,7H2,1-3H3. The molecular formula is C11H17NO2. The van der Waals surface area contributed by atoms with Crippen LogP contribution < -0.4 is 0 Å². The first-order chi connectivity index (χ1) is 6.57. The first kappa shape index (κ1) is 11.0. The summed E-state index contributed by atoms with van der Waals surface area (Å²) < 4.78 is 7.31. The number of aryl methyl sites for hydroxylation is 1. The van der Waals surface area contributed by atoms with Crippen molar-refractivity contribution in [3.63, 3.8) is 0 Å². The second kappa shape index (κ2) is 4.42.